The Morgan fingerprint density at radius 3 is 2.61 bits per heavy atom. The molecule has 146 valence electrons. The van der Waals surface area contributed by atoms with E-state index in [1.165, 1.54) is 24.3 Å². The Morgan fingerprint density at radius 1 is 1.18 bits per heavy atom. The summed E-state index contributed by atoms with van der Waals surface area (Å²) in [5.74, 6) is -1.28. The van der Waals surface area contributed by atoms with E-state index < -0.39 is 11.9 Å². The highest BCUT2D eigenvalue weighted by molar-refractivity contribution is 5.93. The second-order valence-electron chi connectivity index (χ2n) is 6.60. The van der Waals surface area contributed by atoms with Crippen molar-refractivity contribution in [2.75, 3.05) is 5.32 Å². The van der Waals surface area contributed by atoms with Crippen molar-refractivity contribution < 1.29 is 18.3 Å². The highest BCUT2D eigenvalue weighted by atomic mass is 19.1. The summed E-state index contributed by atoms with van der Waals surface area (Å²) in [7, 11) is 0. The zero-order chi connectivity index (χ0) is 20.3. The van der Waals surface area contributed by atoms with Gasteiger partial charge in [-0.2, -0.15) is 5.10 Å². The molecule has 28 heavy (non-hydrogen) atoms. The number of aryl methyl sites for hydroxylation is 2. The van der Waals surface area contributed by atoms with Crippen molar-refractivity contribution in [2.45, 2.75) is 33.4 Å². The molecule has 0 radical (unpaired) electrons. The van der Waals surface area contributed by atoms with E-state index in [0.29, 0.717) is 11.3 Å². The molecule has 1 heterocycles. The molecule has 7 heteroatoms. The lowest BCUT2D eigenvalue weighted by Gasteiger charge is -2.15. The predicted molar refractivity (Wildman–Crippen MR) is 102 cm³/mol. The molecule has 1 unspecified atom stereocenters. The number of anilines is 1. The van der Waals surface area contributed by atoms with Crippen molar-refractivity contribution >= 4 is 11.6 Å². The number of rotatable bonds is 6. The van der Waals surface area contributed by atoms with E-state index in [9.17, 15) is 13.6 Å². The minimum absolute atomic E-state index is 0.0221. The Hall–Kier alpha value is -3.22. The van der Waals surface area contributed by atoms with Gasteiger partial charge in [0, 0.05) is 17.4 Å². The van der Waals surface area contributed by atoms with E-state index >= 15 is 0 Å². The summed E-state index contributed by atoms with van der Waals surface area (Å²) in [6, 6.07) is 11.4. The fraction of sp³-hybridized carbons (Fsp3) is 0.238. The summed E-state index contributed by atoms with van der Waals surface area (Å²) in [5.41, 5.74) is 2.60. The van der Waals surface area contributed by atoms with Crippen LogP contribution in [0.15, 0.2) is 48.5 Å². The van der Waals surface area contributed by atoms with Gasteiger partial charge in [0.05, 0.1) is 5.69 Å². The van der Waals surface area contributed by atoms with Crippen molar-refractivity contribution in [2.24, 2.45) is 0 Å². The summed E-state index contributed by atoms with van der Waals surface area (Å²) in [6.45, 7) is 5.48. The third-order valence-corrected chi connectivity index (χ3v) is 4.27. The van der Waals surface area contributed by atoms with E-state index in [1.54, 1.807) is 29.8 Å². The molecule has 5 nitrogen and oxygen atoms in total. The maximum absolute atomic E-state index is 14.3. The van der Waals surface area contributed by atoms with Gasteiger partial charge in [-0.05, 0) is 56.7 Å². The number of nitrogens with one attached hydrogen (secondary N) is 1. The van der Waals surface area contributed by atoms with E-state index in [2.05, 4.69) is 10.4 Å². The van der Waals surface area contributed by atoms with Gasteiger partial charge in [0.2, 0.25) is 5.91 Å². The molecule has 0 aliphatic heterocycles. The molecule has 1 amide bonds. The average molecular weight is 385 g/mol. The molecule has 1 atom stereocenters. The van der Waals surface area contributed by atoms with E-state index in [0.717, 1.165) is 11.4 Å². The summed E-state index contributed by atoms with van der Waals surface area (Å²) in [5, 5.41) is 6.98. The first-order valence-electron chi connectivity index (χ1n) is 8.84. The largest absolute Gasteiger partial charge is 0.486 e. The molecule has 2 aromatic carbocycles. The molecule has 3 aromatic rings. The zero-order valence-electron chi connectivity index (χ0n) is 15.9. The number of hydrogen-bond acceptors (Lipinski definition) is 3. The lowest BCUT2D eigenvalue weighted by molar-refractivity contribution is -0.119. The van der Waals surface area contributed by atoms with Crippen LogP contribution in [-0.2, 0) is 11.4 Å². The lowest BCUT2D eigenvalue weighted by Crippen LogP contribution is -2.25. The number of halogens is 2. The lowest BCUT2D eigenvalue weighted by atomic mass is 10.2. The summed E-state index contributed by atoms with van der Waals surface area (Å²) in [6.07, 6.45) is 0. The number of amides is 1. The number of nitrogens with zero attached hydrogens (tertiary/aromatic N) is 2. The fourth-order valence-corrected chi connectivity index (χ4v) is 2.88. The van der Waals surface area contributed by atoms with Gasteiger partial charge in [0.25, 0.3) is 0 Å². The van der Waals surface area contributed by atoms with E-state index in [1.807, 2.05) is 19.9 Å². The number of ether oxygens (including phenoxy) is 1. The van der Waals surface area contributed by atoms with Gasteiger partial charge in [-0.1, -0.05) is 12.1 Å². The van der Waals surface area contributed by atoms with Gasteiger partial charge >= 0.3 is 0 Å². The third-order valence-electron chi connectivity index (χ3n) is 4.27. The molecular formula is C21H21F2N3O2. The summed E-state index contributed by atoms with van der Waals surface area (Å²) < 4.78 is 34.5. The average Bonchev–Trinajstić information content (AvgIpc) is 2.98. The van der Waals surface area contributed by atoms with Gasteiger partial charge in [-0.25, -0.2) is 8.78 Å². The van der Waals surface area contributed by atoms with Gasteiger partial charge in [-0.15, -0.1) is 0 Å². The first-order chi connectivity index (χ1) is 13.3. The number of hydrogen-bond donors (Lipinski definition) is 1. The van der Waals surface area contributed by atoms with Crippen LogP contribution in [0.25, 0.3) is 0 Å². The quantitative estimate of drug-likeness (QED) is 0.677. The SMILES string of the molecule is Cc1cc(C)n(C(C)C(=O)Nc2ccc(OCc3cccc(F)c3)c(F)c2)n1. The molecule has 0 fully saturated rings. The van der Waals surface area contributed by atoms with Gasteiger partial charge in [0.15, 0.2) is 11.6 Å². The third kappa shape index (κ3) is 4.54. The Morgan fingerprint density at radius 2 is 1.96 bits per heavy atom. The van der Waals surface area contributed by atoms with Crippen LogP contribution < -0.4 is 10.1 Å². The molecular weight excluding hydrogens is 364 g/mol. The van der Waals surface area contributed by atoms with Crippen molar-refractivity contribution in [1.82, 2.24) is 9.78 Å². The van der Waals surface area contributed by atoms with Crippen LogP contribution in [0.1, 0.15) is 29.9 Å². The van der Waals surface area contributed by atoms with Gasteiger partial charge in [0.1, 0.15) is 18.5 Å². The Labute approximate surface area is 161 Å². The van der Waals surface area contributed by atoms with Crippen LogP contribution in [0.3, 0.4) is 0 Å². The van der Waals surface area contributed by atoms with Crippen LogP contribution in [-0.4, -0.2) is 15.7 Å². The van der Waals surface area contributed by atoms with Crippen LogP contribution in [0.5, 0.6) is 5.75 Å². The highest BCUT2D eigenvalue weighted by Crippen LogP contribution is 2.23. The first kappa shape index (κ1) is 19.5. The number of carbonyl (C=O) groups excluding carboxylic acids is 1. The summed E-state index contributed by atoms with van der Waals surface area (Å²) >= 11 is 0. The smallest absolute Gasteiger partial charge is 0.248 e. The second-order valence-corrected chi connectivity index (χ2v) is 6.60. The van der Waals surface area contributed by atoms with Gasteiger partial charge < -0.3 is 10.1 Å². The number of aromatic nitrogens is 2. The van der Waals surface area contributed by atoms with Gasteiger partial charge in [-0.3, -0.25) is 9.48 Å². The molecule has 0 saturated carbocycles. The minimum Gasteiger partial charge on any atom is -0.486 e. The Bertz CT molecular complexity index is 1000. The van der Waals surface area contributed by atoms with Crippen LogP contribution >= 0.6 is 0 Å². The standard InChI is InChI=1S/C21H21F2N3O2/c1-13-9-14(2)26(25-13)15(3)21(27)24-18-7-8-20(19(23)11-18)28-12-16-5-4-6-17(22)10-16/h4-11,15H,12H2,1-3H3,(H,24,27). The molecule has 3 rings (SSSR count). The topological polar surface area (TPSA) is 56.2 Å². The maximum Gasteiger partial charge on any atom is 0.248 e. The molecule has 0 bridgehead atoms. The van der Waals surface area contributed by atoms with Crippen molar-refractivity contribution in [3.05, 3.63) is 77.1 Å². The second kappa shape index (κ2) is 8.21. The van der Waals surface area contributed by atoms with Crippen molar-refractivity contribution in [1.29, 1.82) is 0 Å². The van der Waals surface area contributed by atoms with E-state index in [-0.39, 0.29) is 24.1 Å². The number of benzene rings is 2. The molecule has 0 aliphatic carbocycles. The molecule has 0 saturated heterocycles. The number of carbonyl (C=O) groups is 1. The predicted octanol–water partition coefficient (Wildman–Crippen LogP) is 4.56. The monoisotopic (exact) mass is 385 g/mol. The molecule has 1 N–H and O–H groups in total. The van der Waals surface area contributed by atoms with E-state index in [4.69, 9.17) is 4.74 Å². The zero-order valence-corrected chi connectivity index (χ0v) is 15.9. The Kier molecular flexibility index (Phi) is 5.73. The normalized spacial score (nSPS) is 11.9. The van der Waals surface area contributed by atoms with Crippen molar-refractivity contribution in [3.63, 3.8) is 0 Å². The highest BCUT2D eigenvalue weighted by Gasteiger charge is 2.18. The van der Waals surface area contributed by atoms with Crippen LogP contribution in [0.2, 0.25) is 0 Å². The van der Waals surface area contributed by atoms with Crippen LogP contribution in [0.4, 0.5) is 14.5 Å². The summed E-state index contributed by atoms with van der Waals surface area (Å²) in [4.78, 5) is 12.5. The molecule has 1 aromatic heterocycles. The van der Waals surface area contributed by atoms with Crippen LogP contribution in [0, 0.1) is 25.5 Å². The minimum atomic E-state index is -0.618. The fourth-order valence-electron chi connectivity index (χ4n) is 2.88. The Balaban J connectivity index is 1.65. The first-order valence-corrected chi connectivity index (χ1v) is 8.84. The van der Waals surface area contributed by atoms with Crippen molar-refractivity contribution in [3.8, 4) is 5.75 Å². The maximum atomic E-state index is 14.3. The molecule has 0 spiro atoms. The molecule has 0 aliphatic rings.